The largest absolute Gasteiger partial charge is 0.389 e. The maximum Gasteiger partial charge on any atom is 0.242 e. The summed E-state index contributed by atoms with van der Waals surface area (Å²) in [6, 6.07) is -0.436. The van der Waals surface area contributed by atoms with Crippen molar-refractivity contribution >= 4 is 17.7 Å². The zero-order valence-electron chi connectivity index (χ0n) is 9.90. The van der Waals surface area contributed by atoms with Crippen LogP contribution in [-0.4, -0.2) is 59.5 Å². The Bertz CT molecular complexity index is 332. The zero-order chi connectivity index (χ0) is 13.0. The topological polar surface area (TPSA) is 98.7 Å². The van der Waals surface area contributed by atoms with E-state index in [2.05, 4.69) is 10.6 Å². The van der Waals surface area contributed by atoms with E-state index in [9.17, 15) is 19.5 Å². The van der Waals surface area contributed by atoms with Gasteiger partial charge in [-0.3, -0.25) is 14.4 Å². The first-order valence-electron chi connectivity index (χ1n) is 5.37. The number of hydrogen-bond acceptors (Lipinski definition) is 4. The minimum absolute atomic E-state index is 0.0884. The van der Waals surface area contributed by atoms with Crippen LogP contribution in [0, 0.1) is 0 Å². The van der Waals surface area contributed by atoms with Crippen LogP contribution in [0.15, 0.2) is 0 Å². The summed E-state index contributed by atoms with van der Waals surface area (Å²) < 4.78 is 0. The van der Waals surface area contributed by atoms with E-state index < -0.39 is 12.1 Å². The molecule has 2 atom stereocenters. The summed E-state index contributed by atoms with van der Waals surface area (Å²) in [4.78, 5) is 34.5. The fourth-order valence-electron chi connectivity index (χ4n) is 1.71. The lowest BCUT2D eigenvalue weighted by atomic mass is 10.2. The molecular weight excluding hydrogens is 226 g/mol. The number of hydrogen-bond donors (Lipinski definition) is 3. The van der Waals surface area contributed by atoms with Gasteiger partial charge in [-0.15, -0.1) is 0 Å². The predicted octanol–water partition coefficient (Wildman–Crippen LogP) is -2.17. The first kappa shape index (κ1) is 13.4. The highest BCUT2D eigenvalue weighted by Crippen LogP contribution is 2.10. The summed E-state index contributed by atoms with van der Waals surface area (Å²) >= 11 is 0. The molecule has 3 N–H and O–H groups in total. The van der Waals surface area contributed by atoms with E-state index in [4.69, 9.17) is 0 Å². The fraction of sp³-hybridized carbons (Fsp3) is 0.700. The van der Waals surface area contributed by atoms with Gasteiger partial charge >= 0.3 is 0 Å². The molecule has 1 aliphatic rings. The molecule has 1 heterocycles. The van der Waals surface area contributed by atoms with Gasteiger partial charge in [0.15, 0.2) is 0 Å². The third-order valence-corrected chi connectivity index (χ3v) is 2.52. The van der Waals surface area contributed by atoms with Crippen LogP contribution in [0.3, 0.4) is 0 Å². The van der Waals surface area contributed by atoms with Gasteiger partial charge in [-0.1, -0.05) is 0 Å². The number of nitrogens with one attached hydrogen (secondary N) is 2. The Balaban J connectivity index is 2.44. The molecule has 17 heavy (non-hydrogen) atoms. The molecule has 1 rings (SSSR count). The van der Waals surface area contributed by atoms with Gasteiger partial charge in [-0.2, -0.15) is 0 Å². The van der Waals surface area contributed by atoms with Gasteiger partial charge in [0.25, 0.3) is 0 Å². The maximum absolute atomic E-state index is 11.6. The molecule has 1 saturated heterocycles. The number of aliphatic hydroxyl groups is 1. The summed E-state index contributed by atoms with van der Waals surface area (Å²) in [5.74, 6) is -0.797. The molecule has 7 heteroatoms. The first-order chi connectivity index (χ1) is 7.90. The van der Waals surface area contributed by atoms with E-state index in [1.807, 2.05) is 0 Å². The van der Waals surface area contributed by atoms with Crippen molar-refractivity contribution in [1.29, 1.82) is 0 Å². The second kappa shape index (κ2) is 5.62. The van der Waals surface area contributed by atoms with Crippen molar-refractivity contribution in [3.05, 3.63) is 0 Å². The van der Waals surface area contributed by atoms with Crippen LogP contribution in [0.25, 0.3) is 0 Å². The summed E-state index contributed by atoms with van der Waals surface area (Å²) in [6.07, 6.45) is -0.764. The van der Waals surface area contributed by atoms with Gasteiger partial charge in [0.2, 0.25) is 17.7 Å². The average Bonchev–Trinajstić information content (AvgIpc) is 2.56. The molecule has 0 aromatic heterocycles. The summed E-state index contributed by atoms with van der Waals surface area (Å²) in [7, 11) is 0. The lowest BCUT2D eigenvalue weighted by molar-refractivity contribution is -0.132. The Morgan fingerprint density at radius 3 is 2.41 bits per heavy atom. The number of carbonyl (C=O) groups excluding carboxylic acids is 3. The highest BCUT2D eigenvalue weighted by Gasteiger charge is 2.34. The Hall–Kier alpha value is -1.63. The van der Waals surface area contributed by atoms with Crippen LogP contribution in [-0.2, 0) is 14.4 Å². The maximum atomic E-state index is 11.6. The Kier molecular flexibility index (Phi) is 4.45. The zero-order valence-corrected chi connectivity index (χ0v) is 9.90. The number of β-amino-alcohol motifs (C(OH)–C–C–N with tert-alkyl or cyclic N) is 1. The van der Waals surface area contributed by atoms with Gasteiger partial charge in [-0.25, -0.2) is 0 Å². The van der Waals surface area contributed by atoms with Crippen LogP contribution in [0.5, 0.6) is 0 Å². The lowest BCUT2D eigenvalue weighted by Gasteiger charge is -2.16. The van der Waals surface area contributed by atoms with E-state index in [0.29, 0.717) is 0 Å². The number of likely N-dealkylation sites (tertiary alicyclic amines) is 1. The fourth-order valence-corrected chi connectivity index (χ4v) is 1.71. The third-order valence-electron chi connectivity index (χ3n) is 2.52. The van der Waals surface area contributed by atoms with Gasteiger partial charge < -0.3 is 20.6 Å². The van der Waals surface area contributed by atoms with E-state index in [0.717, 1.165) is 0 Å². The SMILES string of the molecule is CC(=O)NCC(=O)N1C[C@@H](O)[C@H](NC(C)=O)C1. The van der Waals surface area contributed by atoms with Crippen molar-refractivity contribution in [3.8, 4) is 0 Å². The molecule has 0 aromatic rings. The number of amides is 3. The molecule has 0 radical (unpaired) electrons. The molecule has 3 amide bonds. The number of carbonyl (C=O) groups is 3. The highest BCUT2D eigenvalue weighted by molar-refractivity contribution is 5.84. The van der Waals surface area contributed by atoms with Crippen LogP contribution in [0.1, 0.15) is 13.8 Å². The number of rotatable bonds is 3. The molecular formula is C10H17N3O4. The Morgan fingerprint density at radius 1 is 1.24 bits per heavy atom. The predicted molar refractivity (Wildman–Crippen MR) is 58.9 cm³/mol. The molecule has 0 bridgehead atoms. The van der Waals surface area contributed by atoms with Gasteiger partial charge in [0.05, 0.1) is 18.7 Å². The van der Waals surface area contributed by atoms with Crippen molar-refractivity contribution < 1.29 is 19.5 Å². The minimum atomic E-state index is -0.764. The molecule has 1 aliphatic heterocycles. The third kappa shape index (κ3) is 4.03. The van der Waals surface area contributed by atoms with Crippen molar-refractivity contribution in [3.63, 3.8) is 0 Å². The van der Waals surface area contributed by atoms with Crippen molar-refractivity contribution in [2.45, 2.75) is 26.0 Å². The molecule has 7 nitrogen and oxygen atoms in total. The van der Waals surface area contributed by atoms with Crippen LogP contribution >= 0.6 is 0 Å². The second-order valence-corrected chi connectivity index (χ2v) is 4.08. The van der Waals surface area contributed by atoms with Crippen molar-refractivity contribution in [1.82, 2.24) is 15.5 Å². The quantitative estimate of drug-likeness (QED) is 0.525. The van der Waals surface area contributed by atoms with E-state index in [1.165, 1.54) is 18.7 Å². The molecule has 96 valence electrons. The van der Waals surface area contributed by atoms with Crippen LogP contribution < -0.4 is 10.6 Å². The van der Waals surface area contributed by atoms with Crippen molar-refractivity contribution in [2.75, 3.05) is 19.6 Å². The molecule has 0 unspecified atom stereocenters. The van der Waals surface area contributed by atoms with E-state index in [1.54, 1.807) is 0 Å². The molecule has 0 saturated carbocycles. The van der Waals surface area contributed by atoms with Crippen LogP contribution in [0.4, 0.5) is 0 Å². The molecule has 0 spiro atoms. The monoisotopic (exact) mass is 243 g/mol. The lowest BCUT2D eigenvalue weighted by Crippen LogP contribution is -2.42. The summed E-state index contributed by atoms with van der Waals surface area (Å²) in [6.45, 7) is 3.03. The summed E-state index contributed by atoms with van der Waals surface area (Å²) in [5, 5.41) is 14.6. The van der Waals surface area contributed by atoms with E-state index in [-0.39, 0.29) is 37.4 Å². The Morgan fingerprint density at radius 2 is 1.88 bits per heavy atom. The van der Waals surface area contributed by atoms with Gasteiger partial charge in [-0.05, 0) is 0 Å². The van der Waals surface area contributed by atoms with E-state index >= 15 is 0 Å². The van der Waals surface area contributed by atoms with Gasteiger partial charge in [0, 0.05) is 26.9 Å². The average molecular weight is 243 g/mol. The highest BCUT2D eigenvalue weighted by atomic mass is 16.3. The molecule has 0 aromatic carbocycles. The van der Waals surface area contributed by atoms with Crippen molar-refractivity contribution in [2.24, 2.45) is 0 Å². The number of aliphatic hydroxyl groups excluding tert-OH is 1. The minimum Gasteiger partial charge on any atom is -0.389 e. The normalized spacial score (nSPS) is 23.4. The van der Waals surface area contributed by atoms with Crippen LogP contribution in [0.2, 0.25) is 0 Å². The summed E-state index contributed by atoms with van der Waals surface area (Å²) in [5.41, 5.74) is 0. The smallest absolute Gasteiger partial charge is 0.242 e. The first-order valence-corrected chi connectivity index (χ1v) is 5.37. The standard InChI is InChI=1S/C10H17N3O4/c1-6(14)11-3-10(17)13-4-8(9(16)5-13)12-7(2)15/h8-9,16H,3-5H2,1-2H3,(H,11,14)(H,12,15)/t8-,9-/m1/s1. The number of nitrogens with zero attached hydrogens (tertiary/aromatic N) is 1. The Labute approximate surface area is 99.2 Å². The molecule has 0 aliphatic carbocycles. The second-order valence-electron chi connectivity index (χ2n) is 4.08. The van der Waals surface area contributed by atoms with Gasteiger partial charge in [0.1, 0.15) is 0 Å². The molecule has 1 fully saturated rings.